The highest BCUT2D eigenvalue weighted by Crippen LogP contribution is 2.12. The molecule has 0 heterocycles. The zero-order chi connectivity index (χ0) is 11.3. The van der Waals surface area contributed by atoms with Crippen LogP contribution in [0.5, 0.6) is 0 Å². The van der Waals surface area contributed by atoms with Gasteiger partial charge in [-0.1, -0.05) is 36.9 Å². The van der Waals surface area contributed by atoms with Gasteiger partial charge in [0.25, 0.3) is 0 Å². The lowest BCUT2D eigenvalue weighted by Gasteiger charge is -1.99. The van der Waals surface area contributed by atoms with Crippen LogP contribution in [-0.2, 0) is 9.53 Å². The van der Waals surface area contributed by atoms with Crippen LogP contribution in [0.15, 0.2) is 36.9 Å². The van der Waals surface area contributed by atoms with Crippen molar-refractivity contribution in [3.05, 3.63) is 48.0 Å². The van der Waals surface area contributed by atoms with E-state index in [0.717, 1.165) is 0 Å². The summed E-state index contributed by atoms with van der Waals surface area (Å²) < 4.78 is 4.46. The predicted molar refractivity (Wildman–Crippen MR) is 56.1 cm³/mol. The highest BCUT2D eigenvalue weighted by Gasteiger charge is 2.25. The molecule has 1 aromatic carbocycles. The Bertz CT molecular complexity index is 431. The van der Waals surface area contributed by atoms with Gasteiger partial charge < -0.3 is 10.3 Å². The maximum absolute atomic E-state index is 11.2. The van der Waals surface area contributed by atoms with E-state index < -0.39 is 5.97 Å². The molecule has 0 atom stereocenters. The summed E-state index contributed by atoms with van der Waals surface area (Å²) in [5, 5.41) is 0. The van der Waals surface area contributed by atoms with E-state index in [1.807, 2.05) is 6.07 Å². The summed E-state index contributed by atoms with van der Waals surface area (Å²) in [5.74, 6) is -0.716. The molecule has 0 aliphatic carbocycles. The summed E-state index contributed by atoms with van der Waals surface area (Å²) in [5.41, 5.74) is 9.52. The van der Waals surface area contributed by atoms with Crippen LogP contribution >= 0.6 is 0 Å². The van der Waals surface area contributed by atoms with Crippen LogP contribution in [0.4, 0.5) is 0 Å². The first-order valence-corrected chi connectivity index (χ1v) is 4.25. The number of carbonyl (C=O) groups is 1. The Hall–Kier alpha value is -2.19. The molecule has 76 valence electrons. The van der Waals surface area contributed by atoms with Gasteiger partial charge >= 0.3 is 11.7 Å². The van der Waals surface area contributed by atoms with Crippen molar-refractivity contribution in [3.8, 4) is 0 Å². The molecule has 1 rings (SSSR count). The van der Waals surface area contributed by atoms with Crippen molar-refractivity contribution < 1.29 is 14.3 Å². The predicted octanol–water partition coefficient (Wildman–Crippen LogP) is 1.54. The minimum Gasteiger partial charge on any atom is -0.460 e. The van der Waals surface area contributed by atoms with Gasteiger partial charge in [0.15, 0.2) is 0 Å². The van der Waals surface area contributed by atoms with Crippen LogP contribution in [0, 0.1) is 0 Å². The van der Waals surface area contributed by atoms with Crippen molar-refractivity contribution in [2.75, 3.05) is 7.11 Å². The monoisotopic (exact) mass is 202 g/mol. The fraction of sp³-hybridized carbons (Fsp3) is 0.0909. The molecule has 4 heteroatoms. The zero-order valence-electron chi connectivity index (χ0n) is 8.30. The van der Waals surface area contributed by atoms with Gasteiger partial charge in [-0.05, 0) is 5.56 Å². The van der Waals surface area contributed by atoms with Gasteiger partial charge in [-0.2, -0.15) is 4.79 Å². The molecule has 0 N–H and O–H groups in total. The first-order chi connectivity index (χ1) is 7.20. The molecule has 0 amide bonds. The quantitative estimate of drug-likeness (QED) is 0.323. The highest BCUT2D eigenvalue weighted by molar-refractivity contribution is 6.51. The molecule has 15 heavy (non-hydrogen) atoms. The molecule has 0 aliphatic heterocycles. The SMILES string of the molecule is C=C(C(=[N+]=[N-])C(=O)OC)c1ccccc1. The lowest BCUT2D eigenvalue weighted by molar-refractivity contribution is -0.136. The molecule has 0 saturated heterocycles. The number of benzene rings is 1. The van der Waals surface area contributed by atoms with E-state index in [0.29, 0.717) is 11.1 Å². The molecular weight excluding hydrogens is 192 g/mol. The number of rotatable bonds is 3. The zero-order valence-corrected chi connectivity index (χ0v) is 8.30. The summed E-state index contributed by atoms with van der Waals surface area (Å²) in [4.78, 5) is 14.1. The fourth-order valence-corrected chi connectivity index (χ4v) is 1.10. The largest absolute Gasteiger partial charge is 0.460 e. The molecule has 0 aromatic heterocycles. The fourth-order valence-electron chi connectivity index (χ4n) is 1.10. The van der Waals surface area contributed by atoms with E-state index in [-0.39, 0.29) is 5.71 Å². The Morgan fingerprint density at radius 1 is 1.40 bits per heavy atom. The van der Waals surface area contributed by atoms with Gasteiger partial charge in [0.1, 0.15) is 0 Å². The average Bonchev–Trinajstić information content (AvgIpc) is 2.30. The summed E-state index contributed by atoms with van der Waals surface area (Å²) in [6.07, 6.45) is 0. The van der Waals surface area contributed by atoms with E-state index in [4.69, 9.17) is 5.53 Å². The van der Waals surface area contributed by atoms with Crippen LogP contribution in [0.3, 0.4) is 0 Å². The second-order valence-corrected chi connectivity index (χ2v) is 2.78. The van der Waals surface area contributed by atoms with E-state index in [9.17, 15) is 4.79 Å². The molecular formula is C11H10N2O2. The molecule has 0 fully saturated rings. The summed E-state index contributed by atoms with van der Waals surface area (Å²) >= 11 is 0. The van der Waals surface area contributed by atoms with E-state index >= 15 is 0 Å². The Morgan fingerprint density at radius 3 is 2.47 bits per heavy atom. The van der Waals surface area contributed by atoms with E-state index in [2.05, 4.69) is 16.1 Å². The maximum Gasteiger partial charge on any atom is 0.422 e. The third-order valence-corrected chi connectivity index (χ3v) is 1.89. The second kappa shape index (κ2) is 4.88. The molecule has 0 radical (unpaired) electrons. The molecule has 4 nitrogen and oxygen atoms in total. The third-order valence-electron chi connectivity index (χ3n) is 1.89. The highest BCUT2D eigenvalue weighted by atomic mass is 16.5. The first kappa shape index (κ1) is 10.9. The van der Waals surface area contributed by atoms with Gasteiger partial charge in [0.05, 0.1) is 12.7 Å². The van der Waals surface area contributed by atoms with Crippen LogP contribution < -0.4 is 0 Å². The van der Waals surface area contributed by atoms with Gasteiger partial charge in [-0.25, -0.2) is 4.79 Å². The number of esters is 1. The van der Waals surface area contributed by atoms with E-state index in [1.165, 1.54) is 7.11 Å². The van der Waals surface area contributed by atoms with E-state index in [1.54, 1.807) is 24.3 Å². The Morgan fingerprint density at radius 2 is 2.00 bits per heavy atom. The Labute approximate surface area is 87.4 Å². The average molecular weight is 202 g/mol. The molecule has 0 bridgehead atoms. The number of ether oxygens (including phenoxy) is 1. The molecule has 0 unspecified atom stereocenters. The molecule has 0 aliphatic rings. The van der Waals surface area contributed by atoms with Crippen molar-refractivity contribution in [1.29, 1.82) is 0 Å². The normalized spacial score (nSPS) is 8.87. The van der Waals surface area contributed by atoms with Crippen molar-refractivity contribution in [1.82, 2.24) is 0 Å². The third kappa shape index (κ3) is 2.39. The number of carbonyl (C=O) groups excluding carboxylic acids is 1. The number of hydrogen-bond donors (Lipinski definition) is 0. The summed E-state index contributed by atoms with van der Waals surface area (Å²) in [6.45, 7) is 3.67. The topological polar surface area (TPSA) is 62.7 Å². The standard InChI is InChI=1S/C11H10N2O2/c1-8(9-6-4-3-5-7-9)10(13-12)11(14)15-2/h3-7H,1H2,2H3. The molecule has 1 aromatic rings. The van der Waals surface area contributed by atoms with Crippen molar-refractivity contribution >= 4 is 17.3 Å². The second-order valence-electron chi connectivity index (χ2n) is 2.78. The molecule has 0 spiro atoms. The summed E-state index contributed by atoms with van der Waals surface area (Å²) in [7, 11) is 1.21. The molecule has 0 saturated carbocycles. The Balaban J connectivity index is 3.05. The number of methoxy groups -OCH3 is 1. The minimum atomic E-state index is -0.716. The van der Waals surface area contributed by atoms with Gasteiger partial charge in [0.2, 0.25) is 0 Å². The van der Waals surface area contributed by atoms with Crippen molar-refractivity contribution in [2.24, 2.45) is 0 Å². The lowest BCUT2D eigenvalue weighted by Crippen LogP contribution is -2.18. The van der Waals surface area contributed by atoms with Crippen molar-refractivity contribution in [3.63, 3.8) is 0 Å². The smallest absolute Gasteiger partial charge is 0.422 e. The minimum absolute atomic E-state index is 0.191. The van der Waals surface area contributed by atoms with Crippen LogP contribution in [0.25, 0.3) is 11.1 Å². The number of nitrogens with zero attached hydrogens (tertiary/aromatic N) is 2. The van der Waals surface area contributed by atoms with Gasteiger partial charge in [-0.15, -0.1) is 0 Å². The first-order valence-electron chi connectivity index (χ1n) is 4.25. The number of hydrogen-bond acceptors (Lipinski definition) is 2. The van der Waals surface area contributed by atoms with Crippen LogP contribution in [-0.4, -0.2) is 23.6 Å². The van der Waals surface area contributed by atoms with Crippen molar-refractivity contribution in [2.45, 2.75) is 0 Å². The summed E-state index contributed by atoms with van der Waals surface area (Å²) in [6, 6.07) is 8.96. The van der Waals surface area contributed by atoms with Gasteiger partial charge in [-0.3, -0.25) is 0 Å². The van der Waals surface area contributed by atoms with Crippen LogP contribution in [0.2, 0.25) is 0 Å². The Kier molecular flexibility index (Phi) is 3.55. The van der Waals surface area contributed by atoms with Gasteiger partial charge in [0, 0.05) is 0 Å². The maximum atomic E-state index is 11.2. The van der Waals surface area contributed by atoms with Crippen LogP contribution in [0.1, 0.15) is 5.56 Å². The lowest BCUT2D eigenvalue weighted by atomic mass is 10.0.